The molecule has 0 fully saturated rings. The van der Waals surface area contributed by atoms with Gasteiger partial charge in [-0.2, -0.15) is 0 Å². The van der Waals surface area contributed by atoms with Gasteiger partial charge in [0.2, 0.25) is 0 Å². The fraction of sp³-hybridized carbons (Fsp3) is 1.00. The molecule has 0 atom stereocenters. The van der Waals surface area contributed by atoms with Crippen LogP contribution in [0.3, 0.4) is 0 Å². The van der Waals surface area contributed by atoms with E-state index < -0.39 is 18.2 Å². The van der Waals surface area contributed by atoms with Crippen molar-refractivity contribution in [3.63, 3.8) is 0 Å². The zero-order chi connectivity index (χ0) is 10.6. The van der Waals surface area contributed by atoms with Crippen LogP contribution in [-0.2, 0) is 0 Å². The first kappa shape index (κ1) is 24.8. The van der Waals surface area contributed by atoms with Crippen molar-refractivity contribution in [1.29, 1.82) is 0 Å². The van der Waals surface area contributed by atoms with Gasteiger partial charge in [-0.1, -0.05) is 27.7 Å². The minimum atomic E-state index is -0.639. The van der Waals surface area contributed by atoms with E-state index >= 15 is 0 Å². The van der Waals surface area contributed by atoms with Crippen molar-refractivity contribution >= 4 is 81.7 Å². The van der Waals surface area contributed by atoms with Crippen molar-refractivity contribution in [1.82, 2.24) is 5.32 Å². The average molecular weight is 247 g/mol. The molecule has 0 aliphatic rings. The Morgan fingerprint density at radius 2 is 1.15 bits per heavy atom. The molecule has 0 aromatic rings. The second-order valence-corrected chi connectivity index (χ2v) is 5.20. The molecule has 0 bridgehead atoms. The van der Waals surface area contributed by atoms with Crippen molar-refractivity contribution in [2.75, 3.05) is 0 Å². The molecule has 0 aliphatic heterocycles. The van der Waals surface area contributed by atoms with E-state index in [2.05, 4.69) is 42.8 Å². The zero-order valence-electron chi connectivity index (χ0n) is 8.50. The normalized spacial score (nSPS) is 7.31. The van der Waals surface area contributed by atoms with Gasteiger partial charge in [-0.25, -0.2) is 0 Å². The summed E-state index contributed by atoms with van der Waals surface area (Å²) in [5.41, 5.74) is 0. The van der Waals surface area contributed by atoms with Crippen LogP contribution in [0, 0.1) is 0 Å². The van der Waals surface area contributed by atoms with Crippen molar-refractivity contribution in [2.45, 2.75) is 39.8 Å². The van der Waals surface area contributed by atoms with Crippen molar-refractivity contribution in [3.8, 4) is 0 Å². The Morgan fingerprint density at radius 1 is 1.00 bits per heavy atom. The monoisotopic (exact) mass is 245 g/mol. The molecule has 0 rings (SSSR count). The molecule has 0 heterocycles. The Hall–Kier alpha value is 2.79. The number of halogens is 3. The van der Waals surface area contributed by atoms with Crippen LogP contribution >= 0.6 is 27.9 Å². The zero-order valence-corrected chi connectivity index (χ0v) is 12.2. The second kappa shape index (κ2) is 24.2. The van der Waals surface area contributed by atoms with Crippen LogP contribution in [0.15, 0.2) is 0 Å². The van der Waals surface area contributed by atoms with Crippen molar-refractivity contribution in [2.24, 2.45) is 0 Å². The maximum atomic E-state index is 4.90. The quantitative estimate of drug-likeness (QED) is 0.736. The van der Waals surface area contributed by atoms with Crippen LogP contribution in [0.25, 0.3) is 0 Å². The van der Waals surface area contributed by atoms with Gasteiger partial charge in [0.1, 0.15) is 0 Å². The first-order chi connectivity index (χ1) is 5.54. The SMILES string of the molecule is CC(C)NC(C)C.[Cl][Mg][Cl].[LiH].[Li][Cl]. The summed E-state index contributed by atoms with van der Waals surface area (Å²) in [6.07, 6.45) is 0. The summed E-state index contributed by atoms with van der Waals surface area (Å²) >= 11 is 0.833. The third kappa shape index (κ3) is 52.5. The molecule has 0 saturated carbocycles. The Labute approximate surface area is 125 Å². The summed E-state index contributed by atoms with van der Waals surface area (Å²) in [5.74, 6) is 0. The molecule has 0 saturated heterocycles. The molecule has 1 nitrogen and oxygen atoms in total. The van der Waals surface area contributed by atoms with E-state index in [1.807, 2.05) is 0 Å². The number of rotatable bonds is 2. The summed E-state index contributed by atoms with van der Waals surface area (Å²) in [6, 6.07) is 1.25. The van der Waals surface area contributed by atoms with Gasteiger partial charge in [0.15, 0.2) is 0 Å². The molecule has 0 aliphatic carbocycles. The molecule has 0 radical (unpaired) electrons. The molecular formula is C6H16Cl3Li2MgN. The molecule has 70 valence electrons. The van der Waals surface area contributed by atoms with Crippen LogP contribution in [0.4, 0.5) is 0 Å². The fourth-order valence-electron chi connectivity index (χ4n) is 0.667. The Balaban J connectivity index is -0.0000000581. The molecular weight excluding hydrogens is 231 g/mol. The summed E-state index contributed by atoms with van der Waals surface area (Å²) in [4.78, 5) is 0. The summed E-state index contributed by atoms with van der Waals surface area (Å²) in [7, 11) is 14.4. The Bertz CT molecular complexity index is 63.8. The third-order valence-corrected chi connectivity index (χ3v) is 0.667. The fourth-order valence-corrected chi connectivity index (χ4v) is 0.667. The molecule has 1 N–H and O–H groups in total. The number of hydrogen-bond acceptors (Lipinski definition) is 1. The van der Waals surface area contributed by atoms with Gasteiger partial charge in [-0.05, 0) is 0 Å². The Kier molecular flexibility index (Phi) is 46.2. The first-order valence-electron chi connectivity index (χ1n) is 3.80. The van der Waals surface area contributed by atoms with E-state index in [0.29, 0.717) is 12.1 Å². The van der Waals surface area contributed by atoms with Crippen molar-refractivity contribution in [3.05, 3.63) is 0 Å². The third-order valence-electron chi connectivity index (χ3n) is 0.667. The topological polar surface area (TPSA) is 12.0 Å². The summed E-state index contributed by atoms with van der Waals surface area (Å²) in [5, 5.41) is 3.31. The molecule has 7 heteroatoms. The van der Waals surface area contributed by atoms with E-state index in [-0.39, 0.29) is 18.9 Å². The van der Waals surface area contributed by atoms with Gasteiger partial charge < -0.3 is 23.5 Å². The van der Waals surface area contributed by atoms with Gasteiger partial charge >= 0.3 is 63.6 Å². The van der Waals surface area contributed by atoms with Crippen LogP contribution < -0.4 is 5.32 Å². The average Bonchev–Trinajstić information content (AvgIpc) is 1.90. The predicted molar refractivity (Wildman–Crippen MR) is 69.6 cm³/mol. The van der Waals surface area contributed by atoms with Crippen molar-refractivity contribution < 1.29 is 0 Å². The second-order valence-electron chi connectivity index (χ2n) is 2.58. The van der Waals surface area contributed by atoms with Gasteiger partial charge in [0.05, 0.1) is 0 Å². The van der Waals surface area contributed by atoms with Gasteiger partial charge in [-0.15, -0.1) is 0 Å². The van der Waals surface area contributed by atoms with Gasteiger partial charge in [0.25, 0.3) is 0 Å². The summed E-state index contributed by atoms with van der Waals surface area (Å²) < 4.78 is 0. The molecule has 0 spiro atoms. The van der Waals surface area contributed by atoms with Crippen LogP contribution in [0.1, 0.15) is 27.7 Å². The van der Waals surface area contributed by atoms with E-state index in [1.54, 1.807) is 0 Å². The molecule has 13 heavy (non-hydrogen) atoms. The molecule has 0 unspecified atom stereocenters. The predicted octanol–water partition coefficient (Wildman–Crippen LogP) is 2.05. The molecule has 0 aromatic carbocycles. The van der Waals surface area contributed by atoms with Crippen LogP contribution in [0.2, 0.25) is 0 Å². The maximum absolute atomic E-state index is 4.90. The van der Waals surface area contributed by atoms with Gasteiger partial charge in [0, 0.05) is 12.1 Å². The Morgan fingerprint density at radius 3 is 1.15 bits per heavy atom. The van der Waals surface area contributed by atoms with E-state index in [9.17, 15) is 0 Å². The van der Waals surface area contributed by atoms with E-state index in [0.717, 1.165) is 0 Å². The molecule has 0 amide bonds. The summed E-state index contributed by atoms with van der Waals surface area (Å²) in [6.45, 7) is 8.61. The van der Waals surface area contributed by atoms with E-state index in [1.165, 1.54) is 16.7 Å². The van der Waals surface area contributed by atoms with Crippen LogP contribution in [0.5, 0.6) is 0 Å². The first-order valence-corrected chi connectivity index (χ1v) is 8.83. The van der Waals surface area contributed by atoms with Crippen LogP contribution in [-0.4, -0.2) is 65.9 Å². The number of hydrogen-bond donors (Lipinski definition) is 1. The number of nitrogens with one attached hydrogen (secondary N) is 1. The molecule has 0 aromatic heterocycles. The van der Waals surface area contributed by atoms with E-state index in [4.69, 9.17) is 18.1 Å². The standard InChI is InChI=1S/C6H15N.3ClH.2Li.Mg.H/c1-5(2)7-6(3)4;;;;;;;/h5-7H,1-4H3;3*1H;;;;/q;;;;;+1;+2;/p-3. The van der Waals surface area contributed by atoms with Gasteiger partial charge in [-0.3, -0.25) is 0 Å². The minimum absolute atomic E-state index is 0.